The van der Waals surface area contributed by atoms with Gasteiger partial charge in [0.1, 0.15) is 6.61 Å². The van der Waals surface area contributed by atoms with Crippen LogP contribution < -0.4 is 9.64 Å². The highest BCUT2D eigenvalue weighted by atomic mass is 16.5. The van der Waals surface area contributed by atoms with Gasteiger partial charge in [-0.05, 0) is 5.56 Å². The number of hydrogen-bond acceptors (Lipinski definition) is 6. The second kappa shape index (κ2) is 6.68. The zero-order chi connectivity index (χ0) is 17.2. The molecular formula is C18H20N4O3. The third-order valence-corrected chi connectivity index (χ3v) is 4.68. The van der Waals surface area contributed by atoms with Crippen LogP contribution in [0.4, 0.5) is 5.95 Å². The lowest BCUT2D eigenvalue weighted by Gasteiger charge is -2.36. The van der Waals surface area contributed by atoms with Crippen LogP contribution in [0.1, 0.15) is 5.56 Å². The number of rotatable bonds is 4. The molecule has 0 aliphatic carbocycles. The molecule has 0 bridgehead atoms. The Hall–Kier alpha value is -2.67. The third-order valence-electron chi connectivity index (χ3n) is 4.68. The van der Waals surface area contributed by atoms with Gasteiger partial charge in [-0.3, -0.25) is 4.79 Å². The third kappa shape index (κ3) is 3.15. The summed E-state index contributed by atoms with van der Waals surface area (Å²) in [6, 6.07) is 11.7. The van der Waals surface area contributed by atoms with Crippen molar-refractivity contribution in [3.05, 3.63) is 48.2 Å². The minimum atomic E-state index is -0.0313. The van der Waals surface area contributed by atoms with E-state index >= 15 is 0 Å². The van der Waals surface area contributed by atoms with Crippen LogP contribution in [0.25, 0.3) is 0 Å². The van der Waals surface area contributed by atoms with Gasteiger partial charge in [-0.15, -0.1) is 0 Å². The Balaban J connectivity index is 1.54. The van der Waals surface area contributed by atoms with Crippen molar-refractivity contribution in [1.82, 2.24) is 14.9 Å². The van der Waals surface area contributed by atoms with E-state index in [9.17, 15) is 4.79 Å². The quantitative estimate of drug-likeness (QED) is 0.830. The Kier molecular flexibility index (Phi) is 4.23. The lowest BCUT2D eigenvalue weighted by molar-refractivity contribution is -0.153. The van der Waals surface area contributed by atoms with Gasteiger partial charge in [-0.25, -0.2) is 4.98 Å². The molecule has 2 aliphatic heterocycles. The van der Waals surface area contributed by atoms with Crippen LogP contribution in [-0.2, 0) is 16.1 Å². The van der Waals surface area contributed by atoms with Crippen molar-refractivity contribution >= 4 is 11.9 Å². The molecule has 130 valence electrons. The molecule has 25 heavy (non-hydrogen) atoms. The van der Waals surface area contributed by atoms with Crippen LogP contribution in [0.2, 0.25) is 0 Å². The number of amides is 1. The minimum absolute atomic E-state index is 0.00347. The van der Waals surface area contributed by atoms with Crippen LogP contribution >= 0.6 is 0 Å². The van der Waals surface area contributed by atoms with Crippen LogP contribution in [0.15, 0.2) is 42.6 Å². The molecule has 2 saturated heterocycles. The van der Waals surface area contributed by atoms with E-state index in [0.717, 1.165) is 5.56 Å². The van der Waals surface area contributed by atoms with Crippen LogP contribution in [0.5, 0.6) is 5.88 Å². The SMILES string of the molecule is COc1ccnc(N2C[C@@H]3OCC(=O)N(Cc4ccccc4)[C@@H]3C2)n1. The van der Waals surface area contributed by atoms with Crippen molar-refractivity contribution in [3.8, 4) is 5.88 Å². The fourth-order valence-corrected chi connectivity index (χ4v) is 3.41. The zero-order valence-electron chi connectivity index (χ0n) is 14.0. The van der Waals surface area contributed by atoms with E-state index in [2.05, 4.69) is 14.9 Å². The summed E-state index contributed by atoms with van der Waals surface area (Å²) >= 11 is 0. The largest absolute Gasteiger partial charge is 0.481 e. The molecule has 1 amide bonds. The minimum Gasteiger partial charge on any atom is -0.481 e. The molecular weight excluding hydrogens is 320 g/mol. The van der Waals surface area contributed by atoms with Gasteiger partial charge in [0.15, 0.2) is 0 Å². The molecule has 0 spiro atoms. The fourth-order valence-electron chi connectivity index (χ4n) is 3.41. The van der Waals surface area contributed by atoms with Crippen molar-refractivity contribution in [2.45, 2.75) is 18.7 Å². The number of methoxy groups -OCH3 is 1. The highest BCUT2D eigenvalue weighted by Gasteiger charge is 2.43. The number of hydrogen-bond donors (Lipinski definition) is 0. The van der Waals surface area contributed by atoms with E-state index in [1.807, 2.05) is 35.2 Å². The van der Waals surface area contributed by atoms with E-state index in [1.165, 1.54) is 0 Å². The van der Waals surface area contributed by atoms with Gasteiger partial charge < -0.3 is 19.3 Å². The number of carbonyl (C=O) groups excluding carboxylic acids is 1. The predicted molar refractivity (Wildman–Crippen MR) is 91.3 cm³/mol. The summed E-state index contributed by atoms with van der Waals surface area (Å²) in [5, 5.41) is 0. The van der Waals surface area contributed by atoms with Crippen molar-refractivity contribution in [1.29, 1.82) is 0 Å². The van der Waals surface area contributed by atoms with Gasteiger partial charge in [0, 0.05) is 31.9 Å². The molecule has 4 rings (SSSR count). The van der Waals surface area contributed by atoms with Crippen molar-refractivity contribution in [2.24, 2.45) is 0 Å². The highest BCUT2D eigenvalue weighted by Crippen LogP contribution is 2.27. The van der Waals surface area contributed by atoms with E-state index in [1.54, 1.807) is 19.4 Å². The number of benzene rings is 1. The maximum atomic E-state index is 12.4. The van der Waals surface area contributed by atoms with Crippen molar-refractivity contribution < 1.29 is 14.3 Å². The first-order valence-electron chi connectivity index (χ1n) is 8.31. The van der Waals surface area contributed by atoms with Crippen molar-refractivity contribution in [3.63, 3.8) is 0 Å². The lowest BCUT2D eigenvalue weighted by atomic mass is 10.1. The molecule has 0 unspecified atom stereocenters. The maximum absolute atomic E-state index is 12.4. The topological polar surface area (TPSA) is 67.8 Å². The molecule has 0 N–H and O–H groups in total. The number of ether oxygens (including phenoxy) is 2. The predicted octanol–water partition coefficient (Wildman–Crippen LogP) is 1.10. The summed E-state index contributed by atoms with van der Waals surface area (Å²) in [7, 11) is 1.58. The molecule has 0 radical (unpaired) electrons. The summed E-state index contributed by atoms with van der Waals surface area (Å²) in [5.41, 5.74) is 1.12. The number of fused-ring (bicyclic) bond motifs is 1. The van der Waals surface area contributed by atoms with Gasteiger partial charge in [0.05, 0.1) is 19.3 Å². The average molecular weight is 340 g/mol. The number of morpholine rings is 1. The van der Waals surface area contributed by atoms with Crippen LogP contribution in [-0.4, -0.2) is 59.7 Å². The fraction of sp³-hybridized carbons (Fsp3) is 0.389. The van der Waals surface area contributed by atoms with E-state index in [-0.39, 0.29) is 24.7 Å². The van der Waals surface area contributed by atoms with E-state index in [4.69, 9.17) is 9.47 Å². The first-order chi connectivity index (χ1) is 12.2. The Morgan fingerprint density at radius 1 is 1.24 bits per heavy atom. The van der Waals surface area contributed by atoms with Crippen LogP contribution in [0.3, 0.4) is 0 Å². The molecule has 1 aromatic heterocycles. The van der Waals surface area contributed by atoms with Gasteiger partial charge in [-0.2, -0.15) is 4.98 Å². The molecule has 7 heteroatoms. The molecule has 2 aromatic rings. The van der Waals surface area contributed by atoms with Gasteiger partial charge in [0.2, 0.25) is 17.7 Å². The van der Waals surface area contributed by atoms with Crippen LogP contribution in [0, 0.1) is 0 Å². The van der Waals surface area contributed by atoms with Gasteiger partial charge in [-0.1, -0.05) is 30.3 Å². The lowest BCUT2D eigenvalue weighted by Crippen LogP contribution is -2.53. The Morgan fingerprint density at radius 2 is 2.08 bits per heavy atom. The molecule has 2 aliphatic rings. The maximum Gasteiger partial charge on any atom is 0.249 e. The average Bonchev–Trinajstić information content (AvgIpc) is 3.10. The molecule has 7 nitrogen and oxygen atoms in total. The summed E-state index contributed by atoms with van der Waals surface area (Å²) < 4.78 is 10.9. The normalized spacial score (nSPS) is 22.8. The molecule has 3 heterocycles. The van der Waals surface area contributed by atoms with Gasteiger partial charge >= 0.3 is 0 Å². The smallest absolute Gasteiger partial charge is 0.249 e. The summed E-state index contributed by atoms with van der Waals surface area (Å²) in [5.74, 6) is 1.15. The highest BCUT2D eigenvalue weighted by molar-refractivity contribution is 5.79. The molecule has 1 aromatic carbocycles. The molecule has 0 saturated carbocycles. The summed E-state index contributed by atoms with van der Waals surface area (Å²) in [6.07, 6.45) is 1.65. The zero-order valence-corrected chi connectivity index (χ0v) is 14.0. The first-order valence-corrected chi connectivity index (χ1v) is 8.31. The number of anilines is 1. The second-order valence-electron chi connectivity index (χ2n) is 6.23. The first kappa shape index (κ1) is 15.8. The Bertz CT molecular complexity index is 755. The molecule has 2 atom stereocenters. The summed E-state index contributed by atoms with van der Waals surface area (Å²) in [4.78, 5) is 25.1. The Labute approximate surface area is 146 Å². The standard InChI is InChI=1S/C18H20N4O3/c1-24-16-7-8-19-18(20-16)21-10-14-15(11-21)25-12-17(23)22(14)9-13-5-3-2-4-6-13/h2-8,14-15H,9-12H2,1H3/t14-,15+/m1/s1. The monoisotopic (exact) mass is 340 g/mol. The second-order valence-corrected chi connectivity index (χ2v) is 6.23. The number of carbonyl (C=O) groups is 1. The Morgan fingerprint density at radius 3 is 2.88 bits per heavy atom. The van der Waals surface area contributed by atoms with E-state index < -0.39 is 0 Å². The number of nitrogens with zero attached hydrogens (tertiary/aromatic N) is 4. The summed E-state index contributed by atoms with van der Waals surface area (Å²) in [6.45, 7) is 2.03. The van der Waals surface area contributed by atoms with E-state index in [0.29, 0.717) is 31.5 Å². The molecule has 2 fully saturated rings. The number of aromatic nitrogens is 2. The van der Waals surface area contributed by atoms with Gasteiger partial charge in [0.25, 0.3) is 0 Å². The van der Waals surface area contributed by atoms with Crippen molar-refractivity contribution in [2.75, 3.05) is 31.7 Å².